The summed E-state index contributed by atoms with van der Waals surface area (Å²) in [5.74, 6) is -1.55. The molecule has 0 bridgehead atoms. The summed E-state index contributed by atoms with van der Waals surface area (Å²) in [5, 5.41) is 0. The Balaban J connectivity index is 2.90. The van der Waals surface area contributed by atoms with E-state index in [9.17, 15) is 14.4 Å². The van der Waals surface area contributed by atoms with Crippen molar-refractivity contribution in [2.75, 3.05) is 14.2 Å². The third-order valence-corrected chi connectivity index (χ3v) is 2.25. The van der Waals surface area contributed by atoms with Crippen molar-refractivity contribution in [3.05, 3.63) is 23.5 Å². The third-order valence-electron chi connectivity index (χ3n) is 2.25. The highest BCUT2D eigenvalue weighted by atomic mass is 16.5. The molecule has 6 heteroatoms. The molecule has 0 N–H and O–H groups in total. The number of ketones is 1. The first kappa shape index (κ1) is 13.0. The number of aryl methyl sites for hydroxylation is 1. The van der Waals surface area contributed by atoms with Gasteiger partial charge in [0.05, 0.1) is 14.2 Å². The molecule has 0 saturated heterocycles. The van der Waals surface area contributed by atoms with E-state index in [4.69, 9.17) is 0 Å². The van der Waals surface area contributed by atoms with E-state index in [2.05, 4.69) is 9.47 Å². The Morgan fingerprint density at radius 3 is 2.41 bits per heavy atom. The van der Waals surface area contributed by atoms with Crippen LogP contribution < -0.4 is 0 Å². The van der Waals surface area contributed by atoms with Crippen LogP contribution in [-0.4, -0.2) is 36.5 Å². The van der Waals surface area contributed by atoms with E-state index < -0.39 is 17.7 Å². The van der Waals surface area contributed by atoms with Crippen LogP contribution in [0.15, 0.2) is 12.3 Å². The molecule has 0 aromatic carbocycles. The Morgan fingerprint density at radius 2 is 1.88 bits per heavy atom. The standard InChI is InChI=1S/C11H13NO5/c1-12-6-7(4-8(12)11(15)17-3)9(13)5-10(14)16-2/h4,6H,5H2,1-3H3. The summed E-state index contributed by atoms with van der Waals surface area (Å²) in [5.41, 5.74) is 0.527. The number of Topliss-reactive ketones (excluding diaryl/α,β-unsaturated/α-hetero) is 1. The molecule has 0 atom stereocenters. The van der Waals surface area contributed by atoms with Crippen LogP contribution in [0, 0.1) is 0 Å². The number of methoxy groups -OCH3 is 2. The minimum absolute atomic E-state index is 0.251. The van der Waals surface area contributed by atoms with E-state index in [0.717, 1.165) is 0 Å². The first-order chi connectivity index (χ1) is 7.99. The second kappa shape index (κ2) is 5.29. The molecule has 0 radical (unpaired) electrons. The normalized spacial score (nSPS) is 9.82. The van der Waals surface area contributed by atoms with Gasteiger partial charge < -0.3 is 14.0 Å². The molecule has 0 aliphatic heterocycles. The minimum Gasteiger partial charge on any atom is -0.469 e. The molecule has 1 aromatic rings. The molecule has 92 valence electrons. The number of esters is 2. The molecule has 1 aromatic heterocycles. The summed E-state index contributed by atoms with van der Waals surface area (Å²) in [4.78, 5) is 33.9. The molecule has 0 unspecified atom stereocenters. The van der Waals surface area contributed by atoms with Crippen molar-refractivity contribution in [3.8, 4) is 0 Å². The Bertz CT molecular complexity index is 460. The minimum atomic E-state index is -0.613. The average Bonchev–Trinajstić information content (AvgIpc) is 2.70. The maximum Gasteiger partial charge on any atom is 0.354 e. The first-order valence-electron chi connectivity index (χ1n) is 4.84. The highest BCUT2D eigenvalue weighted by molar-refractivity contribution is 6.07. The molecule has 1 heterocycles. The molecule has 0 saturated carbocycles. The zero-order valence-electron chi connectivity index (χ0n) is 9.85. The fourth-order valence-electron chi connectivity index (χ4n) is 1.33. The number of hydrogen-bond acceptors (Lipinski definition) is 5. The van der Waals surface area contributed by atoms with Crippen LogP contribution in [0.2, 0.25) is 0 Å². The van der Waals surface area contributed by atoms with Gasteiger partial charge in [-0.25, -0.2) is 4.79 Å². The molecule has 0 aliphatic rings. The second-order valence-electron chi connectivity index (χ2n) is 3.39. The molecule has 0 spiro atoms. The van der Waals surface area contributed by atoms with E-state index in [1.165, 1.54) is 31.0 Å². The van der Waals surface area contributed by atoms with Gasteiger partial charge in [-0.05, 0) is 6.07 Å². The van der Waals surface area contributed by atoms with Crippen LogP contribution in [0.1, 0.15) is 27.3 Å². The second-order valence-corrected chi connectivity index (χ2v) is 3.39. The lowest BCUT2D eigenvalue weighted by Crippen LogP contribution is -2.08. The summed E-state index contributed by atoms with van der Waals surface area (Å²) >= 11 is 0. The number of hydrogen-bond donors (Lipinski definition) is 0. The molecule has 0 aliphatic carbocycles. The van der Waals surface area contributed by atoms with Crippen molar-refractivity contribution in [2.45, 2.75) is 6.42 Å². The van der Waals surface area contributed by atoms with Gasteiger partial charge in [-0.1, -0.05) is 0 Å². The topological polar surface area (TPSA) is 74.6 Å². The predicted molar refractivity (Wildman–Crippen MR) is 57.7 cm³/mol. The highest BCUT2D eigenvalue weighted by Gasteiger charge is 2.18. The monoisotopic (exact) mass is 239 g/mol. The molecule has 6 nitrogen and oxygen atoms in total. The summed E-state index contributed by atoms with van der Waals surface area (Å²) in [7, 11) is 4.08. The van der Waals surface area contributed by atoms with E-state index >= 15 is 0 Å². The lowest BCUT2D eigenvalue weighted by atomic mass is 10.1. The molecule has 17 heavy (non-hydrogen) atoms. The highest BCUT2D eigenvalue weighted by Crippen LogP contribution is 2.11. The summed E-state index contributed by atoms with van der Waals surface area (Å²) in [6.07, 6.45) is 1.12. The van der Waals surface area contributed by atoms with Gasteiger partial charge in [-0.2, -0.15) is 0 Å². The molecule has 0 fully saturated rings. The van der Waals surface area contributed by atoms with Crippen LogP contribution in [0.3, 0.4) is 0 Å². The third kappa shape index (κ3) is 2.93. The maximum atomic E-state index is 11.6. The van der Waals surface area contributed by atoms with E-state index in [1.54, 1.807) is 7.05 Å². The number of carbonyl (C=O) groups excluding carboxylic acids is 3. The van der Waals surface area contributed by atoms with Crippen molar-refractivity contribution in [2.24, 2.45) is 7.05 Å². The largest absolute Gasteiger partial charge is 0.469 e. The molecule has 0 amide bonds. The van der Waals surface area contributed by atoms with Crippen LogP contribution in [0.5, 0.6) is 0 Å². The van der Waals surface area contributed by atoms with Crippen LogP contribution in [-0.2, 0) is 21.3 Å². The van der Waals surface area contributed by atoms with Crippen molar-refractivity contribution in [1.29, 1.82) is 0 Å². The van der Waals surface area contributed by atoms with Gasteiger partial charge in [-0.15, -0.1) is 0 Å². The molecular weight excluding hydrogens is 226 g/mol. The Labute approximate surface area is 98.1 Å². The zero-order valence-corrected chi connectivity index (χ0v) is 9.85. The lowest BCUT2D eigenvalue weighted by Gasteiger charge is -1.98. The molecular formula is C11H13NO5. The number of rotatable bonds is 4. The van der Waals surface area contributed by atoms with Crippen LogP contribution in [0.4, 0.5) is 0 Å². The van der Waals surface area contributed by atoms with Gasteiger partial charge in [0, 0.05) is 18.8 Å². The fraction of sp³-hybridized carbons (Fsp3) is 0.364. The van der Waals surface area contributed by atoms with Gasteiger partial charge in [0.15, 0.2) is 5.78 Å². The van der Waals surface area contributed by atoms with Gasteiger partial charge in [0.25, 0.3) is 0 Å². The van der Waals surface area contributed by atoms with Crippen molar-refractivity contribution >= 4 is 17.7 Å². The van der Waals surface area contributed by atoms with Gasteiger partial charge in [0.1, 0.15) is 12.1 Å². The first-order valence-corrected chi connectivity index (χ1v) is 4.84. The Hall–Kier alpha value is -2.11. The Kier molecular flexibility index (Phi) is 4.03. The fourth-order valence-corrected chi connectivity index (χ4v) is 1.33. The maximum absolute atomic E-state index is 11.6. The van der Waals surface area contributed by atoms with Crippen molar-refractivity contribution in [1.82, 2.24) is 4.57 Å². The van der Waals surface area contributed by atoms with E-state index in [0.29, 0.717) is 0 Å². The van der Waals surface area contributed by atoms with Gasteiger partial charge in [0.2, 0.25) is 0 Å². The number of carbonyl (C=O) groups is 3. The number of ether oxygens (including phenoxy) is 2. The predicted octanol–water partition coefficient (Wildman–Crippen LogP) is 0.557. The van der Waals surface area contributed by atoms with E-state index in [1.807, 2.05) is 0 Å². The lowest BCUT2D eigenvalue weighted by molar-refractivity contribution is -0.139. The van der Waals surface area contributed by atoms with Gasteiger partial charge >= 0.3 is 11.9 Å². The summed E-state index contributed by atoms with van der Waals surface area (Å²) < 4.78 is 10.4. The van der Waals surface area contributed by atoms with Gasteiger partial charge in [-0.3, -0.25) is 9.59 Å². The number of nitrogens with zero attached hydrogens (tertiary/aromatic N) is 1. The SMILES string of the molecule is COC(=O)CC(=O)c1cc(C(=O)OC)n(C)c1. The van der Waals surface area contributed by atoms with Crippen LogP contribution >= 0.6 is 0 Å². The molecule has 1 rings (SSSR count). The summed E-state index contributed by atoms with van der Waals surface area (Å²) in [6, 6.07) is 1.39. The van der Waals surface area contributed by atoms with Crippen molar-refractivity contribution in [3.63, 3.8) is 0 Å². The van der Waals surface area contributed by atoms with Crippen LogP contribution in [0.25, 0.3) is 0 Å². The summed E-state index contributed by atoms with van der Waals surface area (Å²) in [6.45, 7) is 0. The number of aromatic nitrogens is 1. The smallest absolute Gasteiger partial charge is 0.354 e. The Morgan fingerprint density at radius 1 is 1.24 bits per heavy atom. The van der Waals surface area contributed by atoms with Crippen molar-refractivity contribution < 1.29 is 23.9 Å². The zero-order chi connectivity index (χ0) is 13.0. The van der Waals surface area contributed by atoms with E-state index in [-0.39, 0.29) is 17.7 Å². The quantitative estimate of drug-likeness (QED) is 0.436. The average molecular weight is 239 g/mol.